The van der Waals surface area contributed by atoms with Crippen molar-refractivity contribution in [3.05, 3.63) is 23.4 Å². The Balaban J connectivity index is 2.06. The summed E-state index contributed by atoms with van der Waals surface area (Å²) in [5.41, 5.74) is 2.44. The third-order valence-electron chi connectivity index (χ3n) is 4.29. The van der Waals surface area contributed by atoms with Gasteiger partial charge in [0.1, 0.15) is 5.82 Å². The third-order valence-corrected chi connectivity index (χ3v) is 4.29. The molecule has 21 heavy (non-hydrogen) atoms. The van der Waals surface area contributed by atoms with Crippen LogP contribution < -0.4 is 10.2 Å². The Morgan fingerprint density at radius 3 is 2.76 bits per heavy atom. The van der Waals surface area contributed by atoms with Gasteiger partial charge in [-0.25, -0.2) is 4.98 Å². The molecule has 0 saturated heterocycles. The summed E-state index contributed by atoms with van der Waals surface area (Å²) >= 11 is 0. The number of aryl methyl sites for hydroxylation is 1. The summed E-state index contributed by atoms with van der Waals surface area (Å²) in [4.78, 5) is 7.17. The van der Waals surface area contributed by atoms with E-state index in [0.29, 0.717) is 6.04 Å². The van der Waals surface area contributed by atoms with Gasteiger partial charge in [-0.15, -0.1) is 0 Å². The first-order chi connectivity index (χ1) is 10.2. The van der Waals surface area contributed by atoms with Crippen LogP contribution in [0.5, 0.6) is 0 Å². The number of nitrogens with one attached hydrogen (secondary N) is 1. The lowest BCUT2D eigenvalue weighted by molar-refractivity contribution is 0.203. The number of hydrogen-bond acceptors (Lipinski definition) is 4. The Hall–Kier alpha value is -1.13. The molecule has 0 amide bonds. The number of anilines is 1. The molecular weight excluding hydrogens is 262 g/mol. The van der Waals surface area contributed by atoms with Gasteiger partial charge in [-0.2, -0.15) is 0 Å². The maximum Gasteiger partial charge on any atom is 0.129 e. The summed E-state index contributed by atoms with van der Waals surface area (Å²) in [5, 5.41) is 3.56. The van der Waals surface area contributed by atoms with Crippen LogP contribution in [0.3, 0.4) is 0 Å². The zero-order valence-electron chi connectivity index (χ0n) is 13.9. The van der Waals surface area contributed by atoms with Gasteiger partial charge in [-0.3, -0.25) is 0 Å². The Morgan fingerprint density at radius 2 is 2.19 bits per heavy atom. The number of hydrogen-bond donors (Lipinski definition) is 1. The number of pyridine rings is 1. The monoisotopic (exact) mass is 291 g/mol. The minimum absolute atomic E-state index is 0.475. The van der Waals surface area contributed by atoms with Crippen molar-refractivity contribution in [3.63, 3.8) is 0 Å². The van der Waals surface area contributed by atoms with Gasteiger partial charge in [0.25, 0.3) is 0 Å². The van der Waals surface area contributed by atoms with Crippen molar-refractivity contribution < 1.29 is 4.74 Å². The molecule has 1 aliphatic carbocycles. The van der Waals surface area contributed by atoms with Gasteiger partial charge in [0.15, 0.2) is 0 Å². The molecule has 1 fully saturated rings. The molecule has 1 unspecified atom stereocenters. The second kappa shape index (κ2) is 7.76. The average molecular weight is 291 g/mol. The Kier molecular flexibility index (Phi) is 6.00. The topological polar surface area (TPSA) is 37.4 Å². The molecule has 1 saturated carbocycles. The van der Waals surface area contributed by atoms with E-state index in [1.807, 2.05) is 0 Å². The van der Waals surface area contributed by atoms with Crippen molar-refractivity contribution in [3.8, 4) is 0 Å². The van der Waals surface area contributed by atoms with Crippen molar-refractivity contribution in [2.75, 3.05) is 25.2 Å². The Labute approximate surface area is 128 Å². The molecular formula is C17H29N3O. The van der Waals surface area contributed by atoms with Crippen molar-refractivity contribution in [1.29, 1.82) is 0 Å². The molecule has 4 nitrogen and oxygen atoms in total. The highest BCUT2D eigenvalue weighted by Crippen LogP contribution is 2.21. The SMILES string of the molecule is CCC(C)N(CCOC)c1ccc(CNC2CC2)c(C)n1. The molecule has 1 aromatic heterocycles. The smallest absolute Gasteiger partial charge is 0.129 e. The number of nitrogens with zero attached hydrogens (tertiary/aromatic N) is 2. The highest BCUT2D eigenvalue weighted by atomic mass is 16.5. The molecule has 1 N–H and O–H groups in total. The zero-order chi connectivity index (χ0) is 15.2. The van der Waals surface area contributed by atoms with Gasteiger partial charge in [0, 0.05) is 38.0 Å². The molecule has 1 heterocycles. The van der Waals surface area contributed by atoms with E-state index in [4.69, 9.17) is 9.72 Å². The number of aromatic nitrogens is 1. The minimum atomic E-state index is 0.475. The van der Waals surface area contributed by atoms with E-state index in [2.05, 4.69) is 43.1 Å². The summed E-state index contributed by atoms with van der Waals surface area (Å²) < 4.78 is 5.23. The Morgan fingerprint density at radius 1 is 1.43 bits per heavy atom. The van der Waals surface area contributed by atoms with Gasteiger partial charge in [-0.05, 0) is 44.7 Å². The lowest BCUT2D eigenvalue weighted by atomic mass is 10.1. The molecule has 0 aliphatic heterocycles. The van der Waals surface area contributed by atoms with E-state index in [0.717, 1.165) is 43.7 Å². The van der Waals surface area contributed by atoms with Crippen LogP contribution in [0.2, 0.25) is 0 Å². The molecule has 0 bridgehead atoms. The van der Waals surface area contributed by atoms with Gasteiger partial charge < -0.3 is 15.0 Å². The Bertz CT molecular complexity index is 446. The van der Waals surface area contributed by atoms with E-state index in [-0.39, 0.29) is 0 Å². The second-order valence-electron chi connectivity index (χ2n) is 6.01. The first kappa shape index (κ1) is 16.2. The van der Waals surface area contributed by atoms with Gasteiger partial charge in [0.2, 0.25) is 0 Å². The minimum Gasteiger partial charge on any atom is -0.383 e. The third kappa shape index (κ3) is 4.68. The molecule has 1 aliphatic rings. The summed E-state index contributed by atoms with van der Waals surface area (Å²) in [6, 6.07) is 5.58. The van der Waals surface area contributed by atoms with Crippen molar-refractivity contribution >= 4 is 5.82 Å². The average Bonchev–Trinajstić information content (AvgIpc) is 3.30. The van der Waals surface area contributed by atoms with Crippen molar-refractivity contribution in [1.82, 2.24) is 10.3 Å². The van der Waals surface area contributed by atoms with Gasteiger partial charge in [0.05, 0.1) is 6.61 Å². The highest BCUT2D eigenvalue weighted by Gasteiger charge is 2.20. The fourth-order valence-electron chi connectivity index (χ4n) is 2.44. The summed E-state index contributed by atoms with van der Waals surface area (Å²) in [7, 11) is 1.75. The highest BCUT2D eigenvalue weighted by molar-refractivity contribution is 5.42. The standard InChI is InChI=1S/C17H29N3O/c1-5-13(2)20(10-11-21-4)17-9-6-15(14(3)19-17)12-18-16-7-8-16/h6,9,13,16,18H,5,7-8,10-12H2,1-4H3. The summed E-state index contributed by atoms with van der Waals surface area (Å²) in [6.07, 6.45) is 3.75. The van der Waals surface area contributed by atoms with Gasteiger partial charge >= 0.3 is 0 Å². The number of methoxy groups -OCH3 is 1. The quantitative estimate of drug-likeness (QED) is 0.759. The fourth-order valence-corrected chi connectivity index (χ4v) is 2.44. The molecule has 0 aromatic carbocycles. The summed E-state index contributed by atoms with van der Waals surface area (Å²) in [5.74, 6) is 1.06. The molecule has 2 rings (SSSR count). The van der Waals surface area contributed by atoms with Crippen LogP contribution in [0.25, 0.3) is 0 Å². The van der Waals surface area contributed by atoms with Crippen LogP contribution in [0.15, 0.2) is 12.1 Å². The first-order valence-corrected chi connectivity index (χ1v) is 8.11. The molecule has 118 valence electrons. The van der Waals surface area contributed by atoms with Gasteiger partial charge in [-0.1, -0.05) is 13.0 Å². The van der Waals surface area contributed by atoms with E-state index in [1.165, 1.54) is 18.4 Å². The van der Waals surface area contributed by atoms with Crippen LogP contribution in [0.4, 0.5) is 5.82 Å². The second-order valence-corrected chi connectivity index (χ2v) is 6.01. The molecule has 1 atom stereocenters. The lowest BCUT2D eigenvalue weighted by Crippen LogP contribution is -2.36. The van der Waals surface area contributed by atoms with Crippen LogP contribution in [0, 0.1) is 6.92 Å². The summed E-state index contributed by atoms with van der Waals surface area (Å²) in [6.45, 7) is 9.12. The van der Waals surface area contributed by atoms with E-state index in [1.54, 1.807) is 7.11 Å². The maximum atomic E-state index is 5.23. The zero-order valence-corrected chi connectivity index (χ0v) is 13.9. The van der Waals surface area contributed by atoms with Crippen LogP contribution >= 0.6 is 0 Å². The number of ether oxygens (including phenoxy) is 1. The van der Waals surface area contributed by atoms with E-state index in [9.17, 15) is 0 Å². The van der Waals surface area contributed by atoms with Crippen molar-refractivity contribution in [2.24, 2.45) is 0 Å². The molecule has 0 spiro atoms. The van der Waals surface area contributed by atoms with E-state index < -0.39 is 0 Å². The lowest BCUT2D eigenvalue weighted by Gasteiger charge is -2.30. The predicted molar refractivity (Wildman–Crippen MR) is 87.8 cm³/mol. The fraction of sp³-hybridized carbons (Fsp3) is 0.706. The molecule has 1 aromatic rings. The predicted octanol–water partition coefficient (Wildman–Crippen LogP) is 2.89. The largest absolute Gasteiger partial charge is 0.383 e. The maximum absolute atomic E-state index is 5.23. The van der Waals surface area contributed by atoms with Crippen LogP contribution in [-0.2, 0) is 11.3 Å². The first-order valence-electron chi connectivity index (χ1n) is 8.11. The number of rotatable bonds is 9. The molecule has 4 heteroatoms. The molecule has 0 radical (unpaired) electrons. The van der Waals surface area contributed by atoms with E-state index >= 15 is 0 Å². The van der Waals surface area contributed by atoms with Crippen LogP contribution in [0.1, 0.15) is 44.4 Å². The normalized spacial score (nSPS) is 16.0. The van der Waals surface area contributed by atoms with Crippen LogP contribution in [-0.4, -0.2) is 37.3 Å². The van der Waals surface area contributed by atoms with Crippen molar-refractivity contribution in [2.45, 2.75) is 58.7 Å².